The molecule has 0 aliphatic carbocycles. The minimum atomic E-state index is -0.133. The first kappa shape index (κ1) is 9.76. The highest BCUT2D eigenvalue weighted by molar-refractivity contribution is 14.1. The van der Waals surface area contributed by atoms with Crippen LogP contribution in [0.2, 0.25) is 0 Å². The third-order valence-electron chi connectivity index (χ3n) is 2.18. The Bertz CT molecular complexity index is 486. The maximum atomic E-state index is 11.0. The molecule has 0 saturated heterocycles. The summed E-state index contributed by atoms with van der Waals surface area (Å²) in [6, 6.07) is 6.06. The molecule has 0 aliphatic heterocycles. The lowest BCUT2D eigenvalue weighted by atomic mass is 10.1. The highest BCUT2D eigenvalue weighted by Crippen LogP contribution is 2.12. The van der Waals surface area contributed by atoms with Crippen LogP contribution in [0.3, 0.4) is 0 Å². The van der Waals surface area contributed by atoms with Gasteiger partial charge in [0, 0.05) is 0 Å². The van der Waals surface area contributed by atoms with Gasteiger partial charge in [0.05, 0.1) is 11.0 Å². The van der Waals surface area contributed by atoms with Crippen molar-refractivity contribution < 1.29 is 0 Å². The molecule has 1 aromatic heterocycles. The zero-order valence-electron chi connectivity index (χ0n) is 7.64. The number of halogens is 1. The molecule has 74 valence electrons. The van der Waals surface area contributed by atoms with Crippen LogP contribution in [0.1, 0.15) is 12.0 Å². The number of hydrogen-bond acceptors (Lipinski definition) is 1. The maximum absolute atomic E-state index is 11.0. The average molecular weight is 302 g/mol. The molecular formula is C10H11IN2O. The number of alkyl halides is 1. The lowest BCUT2D eigenvalue weighted by molar-refractivity contribution is 0.947. The molecule has 0 atom stereocenters. The van der Waals surface area contributed by atoms with Gasteiger partial charge in [-0.3, -0.25) is 0 Å². The Balaban J connectivity index is 2.35. The van der Waals surface area contributed by atoms with Crippen LogP contribution < -0.4 is 5.69 Å². The second-order valence-electron chi connectivity index (χ2n) is 3.25. The number of benzene rings is 1. The van der Waals surface area contributed by atoms with E-state index in [2.05, 4.69) is 38.6 Å². The van der Waals surface area contributed by atoms with Crippen LogP contribution in [0.15, 0.2) is 23.0 Å². The molecule has 0 aliphatic rings. The Hall–Kier alpha value is -0.780. The average Bonchev–Trinajstić information content (AvgIpc) is 2.54. The van der Waals surface area contributed by atoms with Gasteiger partial charge in [-0.25, -0.2) is 4.79 Å². The zero-order chi connectivity index (χ0) is 9.97. The standard InChI is InChI=1S/C10H11IN2O/c11-5-1-2-7-3-4-8-9(6-7)13-10(14)12-8/h3-4,6H,1-2,5H2,(H2,12,13,14). The smallest absolute Gasteiger partial charge is 0.306 e. The summed E-state index contributed by atoms with van der Waals surface area (Å²) in [5.41, 5.74) is 2.93. The van der Waals surface area contributed by atoms with E-state index in [1.807, 2.05) is 12.1 Å². The molecule has 0 bridgehead atoms. The van der Waals surface area contributed by atoms with Gasteiger partial charge in [-0.2, -0.15) is 0 Å². The molecule has 1 aromatic carbocycles. The number of imidazole rings is 1. The summed E-state index contributed by atoms with van der Waals surface area (Å²) in [5, 5.41) is 0. The number of hydrogen-bond donors (Lipinski definition) is 2. The molecule has 2 N–H and O–H groups in total. The Morgan fingerprint density at radius 1 is 1.21 bits per heavy atom. The first-order valence-electron chi connectivity index (χ1n) is 4.56. The summed E-state index contributed by atoms with van der Waals surface area (Å²) >= 11 is 2.37. The third kappa shape index (κ3) is 2.00. The van der Waals surface area contributed by atoms with Gasteiger partial charge >= 0.3 is 5.69 Å². The first-order chi connectivity index (χ1) is 6.79. The number of aromatic nitrogens is 2. The van der Waals surface area contributed by atoms with Crippen molar-refractivity contribution in [3.05, 3.63) is 34.2 Å². The van der Waals surface area contributed by atoms with Crippen molar-refractivity contribution in [2.45, 2.75) is 12.8 Å². The summed E-state index contributed by atoms with van der Waals surface area (Å²) in [5.74, 6) is 0. The van der Waals surface area contributed by atoms with E-state index in [1.165, 1.54) is 16.4 Å². The maximum Gasteiger partial charge on any atom is 0.323 e. The van der Waals surface area contributed by atoms with Crippen molar-refractivity contribution >= 4 is 33.6 Å². The minimum Gasteiger partial charge on any atom is -0.306 e. The van der Waals surface area contributed by atoms with Crippen LogP contribution in [0.25, 0.3) is 11.0 Å². The van der Waals surface area contributed by atoms with Gasteiger partial charge in [-0.05, 0) is 35.0 Å². The van der Waals surface area contributed by atoms with E-state index in [1.54, 1.807) is 0 Å². The number of H-pyrrole nitrogens is 2. The molecule has 2 aromatic rings. The van der Waals surface area contributed by atoms with Crippen LogP contribution in [0.5, 0.6) is 0 Å². The van der Waals surface area contributed by atoms with Crippen LogP contribution >= 0.6 is 22.6 Å². The fraction of sp³-hybridized carbons (Fsp3) is 0.300. The third-order valence-corrected chi connectivity index (χ3v) is 2.94. The van der Waals surface area contributed by atoms with Crippen molar-refractivity contribution in [1.29, 1.82) is 0 Å². The van der Waals surface area contributed by atoms with Crippen molar-refractivity contribution in [3.8, 4) is 0 Å². The zero-order valence-corrected chi connectivity index (χ0v) is 9.80. The van der Waals surface area contributed by atoms with Crippen molar-refractivity contribution in [1.82, 2.24) is 9.97 Å². The largest absolute Gasteiger partial charge is 0.323 e. The summed E-state index contributed by atoms with van der Waals surface area (Å²) < 4.78 is 1.17. The predicted molar refractivity (Wildman–Crippen MR) is 66.1 cm³/mol. The van der Waals surface area contributed by atoms with Gasteiger partial charge in [-0.15, -0.1) is 0 Å². The molecule has 0 fully saturated rings. The summed E-state index contributed by atoms with van der Waals surface area (Å²) in [6.07, 6.45) is 2.26. The van der Waals surface area contributed by atoms with Crippen LogP contribution in [-0.2, 0) is 6.42 Å². The highest BCUT2D eigenvalue weighted by Gasteiger charge is 1.99. The van der Waals surface area contributed by atoms with Gasteiger partial charge in [0.1, 0.15) is 0 Å². The van der Waals surface area contributed by atoms with Crippen molar-refractivity contribution in [2.75, 3.05) is 4.43 Å². The van der Waals surface area contributed by atoms with Gasteiger partial charge < -0.3 is 9.97 Å². The Kier molecular flexibility index (Phi) is 2.90. The van der Waals surface area contributed by atoms with Gasteiger partial charge in [-0.1, -0.05) is 28.7 Å². The van der Waals surface area contributed by atoms with Crippen LogP contribution in [0.4, 0.5) is 0 Å². The number of aryl methyl sites for hydroxylation is 1. The number of rotatable bonds is 3. The fourth-order valence-corrected chi connectivity index (χ4v) is 1.89. The van der Waals surface area contributed by atoms with Crippen molar-refractivity contribution in [2.24, 2.45) is 0 Å². The van der Waals surface area contributed by atoms with E-state index in [4.69, 9.17) is 0 Å². The fourth-order valence-electron chi connectivity index (χ4n) is 1.51. The van der Waals surface area contributed by atoms with Gasteiger partial charge in [0.15, 0.2) is 0 Å². The lowest BCUT2D eigenvalue weighted by Crippen LogP contribution is -1.99. The van der Waals surface area contributed by atoms with Gasteiger partial charge in [0.25, 0.3) is 0 Å². The molecule has 0 amide bonds. The normalized spacial score (nSPS) is 10.9. The molecule has 0 saturated carbocycles. The monoisotopic (exact) mass is 302 g/mol. The molecule has 0 radical (unpaired) electrons. The molecule has 4 heteroatoms. The van der Waals surface area contributed by atoms with Crippen molar-refractivity contribution in [3.63, 3.8) is 0 Å². The lowest BCUT2D eigenvalue weighted by Gasteiger charge is -1.98. The Morgan fingerprint density at radius 3 is 2.79 bits per heavy atom. The molecule has 1 heterocycles. The minimum absolute atomic E-state index is 0.133. The second kappa shape index (κ2) is 4.16. The number of aromatic amines is 2. The van der Waals surface area contributed by atoms with Crippen LogP contribution in [0, 0.1) is 0 Å². The van der Waals surface area contributed by atoms with E-state index in [0.29, 0.717) is 0 Å². The molecule has 0 spiro atoms. The molecule has 14 heavy (non-hydrogen) atoms. The molecule has 0 unspecified atom stereocenters. The number of fused-ring (bicyclic) bond motifs is 1. The predicted octanol–water partition coefficient (Wildman–Crippen LogP) is 2.22. The first-order valence-corrected chi connectivity index (χ1v) is 6.09. The topological polar surface area (TPSA) is 48.6 Å². The van der Waals surface area contributed by atoms with Gasteiger partial charge in [0.2, 0.25) is 0 Å². The Morgan fingerprint density at radius 2 is 2.00 bits per heavy atom. The van der Waals surface area contributed by atoms with Crippen LogP contribution in [-0.4, -0.2) is 14.4 Å². The summed E-state index contributed by atoms with van der Waals surface area (Å²) in [6.45, 7) is 0. The SMILES string of the molecule is O=c1[nH]c2ccc(CCCI)cc2[nH]1. The summed E-state index contributed by atoms with van der Waals surface area (Å²) in [4.78, 5) is 16.5. The summed E-state index contributed by atoms with van der Waals surface area (Å²) in [7, 11) is 0. The van der Waals surface area contributed by atoms with E-state index in [9.17, 15) is 4.79 Å². The van der Waals surface area contributed by atoms with E-state index >= 15 is 0 Å². The molecule has 2 rings (SSSR count). The number of nitrogens with one attached hydrogen (secondary N) is 2. The van der Waals surface area contributed by atoms with E-state index < -0.39 is 0 Å². The molecule has 3 nitrogen and oxygen atoms in total. The molecular weight excluding hydrogens is 291 g/mol. The quantitative estimate of drug-likeness (QED) is 0.663. The van der Waals surface area contributed by atoms with E-state index in [-0.39, 0.29) is 5.69 Å². The van der Waals surface area contributed by atoms with E-state index in [0.717, 1.165) is 17.5 Å². The Labute approximate surface area is 95.1 Å². The highest BCUT2D eigenvalue weighted by atomic mass is 127. The second-order valence-corrected chi connectivity index (χ2v) is 4.33.